The van der Waals surface area contributed by atoms with Crippen LogP contribution in [0.3, 0.4) is 0 Å². The van der Waals surface area contributed by atoms with E-state index in [-0.39, 0.29) is 17.7 Å². The van der Waals surface area contributed by atoms with Gasteiger partial charge in [0.25, 0.3) is 0 Å². The van der Waals surface area contributed by atoms with Crippen LogP contribution in [0.1, 0.15) is 77.0 Å². The minimum atomic E-state index is -0.112. The summed E-state index contributed by atoms with van der Waals surface area (Å²) in [4.78, 5) is 27.0. The Morgan fingerprint density at radius 2 is 1.65 bits per heavy atom. The van der Waals surface area contributed by atoms with Crippen LogP contribution in [-0.4, -0.2) is 35.8 Å². The SMILES string of the molecule is O=C(NCCC12CC3CC(CC(C3)C1)C2)C1CC(=O)N(C2CCCC2)C1. The number of amides is 2. The van der Waals surface area contributed by atoms with E-state index >= 15 is 0 Å². The number of likely N-dealkylation sites (tertiary alicyclic amines) is 1. The maximum atomic E-state index is 12.6. The highest BCUT2D eigenvalue weighted by atomic mass is 16.2. The monoisotopic (exact) mass is 358 g/mol. The van der Waals surface area contributed by atoms with Crippen LogP contribution >= 0.6 is 0 Å². The zero-order chi connectivity index (χ0) is 17.7. The van der Waals surface area contributed by atoms with Crippen molar-refractivity contribution in [2.24, 2.45) is 29.1 Å². The first-order valence-electron chi connectivity index (χ1n) is 11.2. The predicted octanol–water partition coefficient (Wildman–Crippen LogP) is 3.50. The second-order valence-electron chi connectivity index (χ2n) is 10.3. The quantitative estimate of drug-likeness (QED) is 0.818. The molecule has 1 aliphatic heterocycles. The summed E-state index contributed by atoms with van der Waals surface area (Å²) in [6.45, 7) is 1.48. The average molecular weight is 359 g/mol. The first kappa shape index (κ1) is 17.1. The molecule has 1 unspecified atom stereocenters. The molecular weight excluding hydrogens is 324 g/mol. The fraction of sp³-hybridized carbons (Fsp3) is 0.909. The van der Waals surface area contributed by atoms with Gasteiger partial charge in [0, 0.05) is 25.6 Å². The van der Waals surface area contributed by atoms with Crippen molar-refractivity contribution in [3.63, 3.8) is 0 Å². The maximum absolute atomic E-state index is 12.6. The summed E-state index contributed by atoms with van der Waals surface area (Å²) in [6.07, 6.45) is 15.0. The van der Waals surface area contributed by atoms with Gasteiger partial charge in [-0.25, -0.2) is 0 Å². The number of carbonyl (C=O) groups is 2. The van der Waals surface area contributed by atoms with E-state index in [0.717, 1.165) is 43.6 Å². The molecule has 5 aliphatic carbocycles. The topological polar surface area (TPSA) is 49.4 Å². The second-order valence-corrected chi connectivity index (χ2v) is 10.3. The standard InChI is InChI=1S/C22H34N2O2/c25-20-10-18(14-24(20)19-3-1-2-4-19)21(26)23-6-5-22-11-15-7-16(12-22)9-17(8-15)13-22/h15-19H,1-14H2,(H,23,26). The molecule has 0 aromatic heterocycles. The normalized spacial score (nSPS) is 42.0. The Morgan fingerprint density at radius 1 is 1.04 bits per heavy atom. The Balaban J connectivity index is 1.12. The summed E-state index contributed by atoms with van der Waals surface area (Å²) >= 11 is 0. The zero-order valence-corrected chi connectivity index (χ0v) is 16.0. The number of rotatable bonds is 5. The van der Waals surface area contributed by atoms with Gasteiger partial charge in [0.1, 0.15) is 0 Å². The first-order valence-corrected chi connectivity index (χ1v) is 11.2. The molecule has 6 rings (SSSR count). The molecule has 0 radical (unpaired) electrons. The van der Waals surface area contributed by atoms with Crippen molar-refractivity contribution in [1.29, 1.82) is 0 Å². The third-order valence-electron chi connectivity index (χ3n) is 8.41. The molecule has 1 heterocycles. The Labute approximate surface area is 157 Å². The number of hydrogen-bond donors (Lipinski definition) is 1. The van der Waals surface area contributed by atoms with Gasteiger partial charge < -0.3 is 10.2 Å². The van der Waals surface area contributed by atoms with Crippen LogP contribution in [0.15, 0.2) is 0 Å². The van der Waals surface area contributed by atoms with Gasteiger partial charge in [-0.1, -0.05) is 12.8 Å². The van der Waals surface area contributed by atoms with Crippen LogP contribution < -0.4 is 5.32 Å². The molecule has 4 bridgehead atoms. The van der Waals surface area contributed by atoms with E-state index in [9.17, 15) is 9.59 Å². The average Bonchev–Trinajstić information content (AvgIpc) is 3.22. The van der Waals surface area contributed by atoms with E-state index in [4.69, 9.17) is 0 Å². The van der Waals surface area contributed by atoms with E-state index in [2.05, 4.69) is 5.32 Å². The molecule has 144 valence electrons. The lowest BCUT2D eigenvalue weighted by Crippen LogP contribution is -2.47. The van der Waals surface area contributed by atoms with Crippen molar-refractivity contribution >= 4 is 11.8 Å². The fourth-order valence-corrected chi connectivity index (χ4v) is 7.67. The lowest BCUT2D eigenvalue weighted by molar-refractivity contribution is -0.130. The van der Waals surface area contributed by atoms with Gasteiger partial charge >= 0.3 is 0 Å². The third-order valence-corrected chi connectivity index (χ3v) is 8.41. The van der Waals surface area contributed by atoms with Crippen molar-refractivity contribution in [3.8, 4) is 0 Å². The highest BCUT2D eigenvalue weighted by molar-refractivity contribution is 5.89. The Morgan fingerprint density at radius 3 is 2.27 bits per heavy atom. The first-order chi connectivity index (χ1) is 12.6. The molecule has 1 N–H and O–H groups in total. The molecule has 6 fully saturated rings. The molecule has 0 aromatic carbocycles. The molecule has 26 heavy (non-hydrogen) atoms. The lowest BCUT2D eigenvalue weighted by atomic mass is 9.49. The molecular formula is C22H34N2O2. The summed E-state index contributed by atoms with van der Waals surface area (Å²) in [6, 6.07) is 0.410. The summed E-state index contributed by atoms with van der Waals surface area (Å²) in [5.41, 5.74) is 0.531. The molecule has 6 aliphatic rings. The molecule has 0 aromatic rings. The van der Waals surface area contributed by atoms with Gasteiger partial charge in [0.05, 0.1) is 5.92 Å². The Kier molecular flexibility index (Phi) is 4.28. The fourth-order valence-electron chi connectivity index (χ4n) is 7.67. The van der Waals surface area contributed by atoms with Crippen molar-refractivity contribution in [2.75, 3.05) is 13.1 Å². The van der Waals surface area contributed by atoms with Gasteiger partial charge in [-0.3, -0.25) is 9.59 Å². The Bertz CT molecular complexity index is 545. The summed E-state index contributed by atoms with van der Waals surface area (Å²) in [5.74, 6) is 3.15. The molecule has 1 atom stereocenters. The summed E-state index contributed by atoms with van der Waals surface area (Å²) in [7, 11) is 0. The smallest absolute Gasteiger partial charge is 0.225 e. The maximum Gasteiger partial charge on any atom is 0.225 e. The predicted molar refractivity (Wildman–Crippen MR) is 100 cm³/mol. The number of nitrogens with one attached hydrogen (secondary N) is 1. The second kappa shape index (κ2) is 6.53. The van der Waals surface area contributed by atoms with E-state index in [1.807, 2.05) is 4.90 Å². The van der Waals surface area contributed by atoms with E-state index < -0.39 is 0 Å². The summed E-state index contributed by atoms with van der Waals surface area (Å²) < 4.78 is 0. The van der Waals surface area contributed by atoms with E-state index in [1.54, 1.807) is 0 Å². The minimum Gasteiger partial charge on any atom is -0.356 e. The van der Waals surface area contributed by atoms with Crippen LogP contribution in [0, 0.1) is 29.1 Å². The van der Waals surface area contributed by atoms with Crippen LogP contribution in [0.4, 0.5) is 0 Å². The zero-order valence-electron chi connectivity index (χ0n) is 16.0. The highest BCUT2D eigenvalue weighted by Crippen LogP contribution is 2.61. The van der Waals surface area contributed by atoms with Gasteiger partial charge in [-0.05, 0) is 81.0 Å². The number of nitrogens with zero attached hydrogens (tertiary/aromatic N) is 1. The van der Waals surface area contributed by atoms with Crippen LogP contribution in [0.5, 0.6) is 0 Å². The number of hydrogen-bond acceptors (Lipinski definition) is 2. The van der Waals surface area contributed by atoms with Gasteiger partial charge in [0.15, 0.2) is 0 Å². The molecule has 2 amide bonds. The van der Waals surface area contributed by atoms with Crippen molar-refractivity contribution < 1.29 is 9.59 Å². The molecule has 4 heteroatoms. The minimum absolute atomic E-state index is 0.112. The third kappa shape index (κ3) is 3.07. The largest absolute Gasteiger partial charge is 0.356 e. The van der Waals surface area contributed by atoms with E-state index in [1.165, 1.54) is 51.4 Å². The molecule has 0 spiro atoms. The van der Waals surface area contributed by atoms with Crippen molar-refractivity contribution in [1.82, 2.24) is 10.2 Å². The van der Waals surface area contributed by atoms with Crippen molar-refractivity contribution in [3.05, 3.63) is 0 Å². The van der Waals surface area contributed by atoms with E-state index in [0.29, 0.717) is 24.4 Å². The number of carbonyl (C=O) groups excluding carboxylic acids is 2. The van der Waals surface area contributed by atoms with Crippen LogP contribution in [-0.2, 0) is 9.59 Å². The highest BCUT2D eigenvalue weighted by Gasteiger charge is 2.50. The summed E-state index contributed by atoms with van der Waals surface area (Å²) in [5, 5.41) is 3.21. The van der Waals surface area contributed by atoms with Gasteiger partial charge in [-0.2, -0.15) is 0 Å². The molecule has 1 saturated heterocycles. The molecule has 4 nitrogen and oxygen atoms in total. The van der Waals surface area contributed by atoms with Crippen LogP contribution in [0.25, 0.3) is 0 Å². The molecule has 5 saturated carbocycles. The van der Waals surface area contributed by atoms with Gasteiger partial charge in [-0.15, -0.1) is 0 Å². The van der Waals surface area contributed by atoms with Crippen molar-refractivity contribution in [2.45, 2.75) is 83.1 Å². The lowest BCUT2D eigenvalue weighted by Gasteiger charge is -2.57. The Hall–Kier alpha value is -1.06. The van der Waals surface area contributed by atoms with Crippen LogP contribution in [0.2, 0.25) is 0 Å². The van der Waals surface area contributed by atoms with Gasteiger partial charge in [0.2, 0.25) is 11.8 Å².